The zero-order valence-corrected chi connectivity index (χ0v) is 63.1. The molecule has 0 radical (unpaired) electrons. The van der Waals surface area contributed by atoms with Crippen LogP contribution in [0.15, 0.2) is 78.9 Å². The number of halogens is 2. The standard InChI is InChI=1S/C74H90Cl2N10O26/c1-27(2)15-40(86(7)8)66(98)84-55-57(92)31-10-13-43(37(75)17-31)107-45-19-33-20-46(61(45)112-72-62(59(94)58(93)47(26-87)109-72)111-50-25-74(6,79)64(96)29(4)106-50)108-44-14-11-32(18-38(44)76)60(110-49-24-73(5,78)63(95)28(3)105-49)56-70(102)83-54(71(103)104)36-21-34(88)22-42(90)51(36)35-16-30(9-12-41(35)89)52(67(99)85-56)82-68(100)53(33)81-65(97)39(23-48(77)91)80-69(55)101/h9-14,16-22,27-29,39-40,47,49-50,52-60,62-64,72,87-90,92-96H,15,23-26,78-79H2,1-8H3,(H2,77,91)(H,80,101)(H,81,97)(H,82,100)(H,83,102)(H,84,98)(H,85,99)(H,103,104)/t28-,29-,39-,40+,47+,49-,50-,52+,53+,54-,55+,56-,57+,58+,59-,60+,62+,63-,64+,72-,73-,74-/m0/s1. The van der Waals surface area contributed by atoms with Crippen molar-refractivity contribution < 1.29 is 127 Å². The van der Waals surface area contributed by atoms with Crippen molar-refractivity contribution in [3.63, 3.8) is 0 Å². The van der Waals surface area contributed by atoms with Gasteiger partial charge in [0.2, 0.25) is 53.4 Å². The number of nitrogens with two attached hydrogens (primary N) is 3. The Morgan fingerprint density at radius 1 is 0.661 bits per heavy atom. The highest BCUT2D eigenvalue weighted by Crippen LogP contribution is 2.50. The molecule has 5 aromatic carbocycles. The number of primary amides is 1. The number of aromatic hydroxyl groups is 3. The van der Waals surface area contributed by atoms with Crippen LogP contribution in [0.5, 0.6) is 46.0 Å². The third-order valence-electron chi connectivity index (χ3n) is 20.4. The van der Waals surface area contributed by atoms with E-state index in [9.17, 15) is 65.4 Å². The number of aliphatic hydroxyl groups excluding tert-OH is 6. The third kappa shape index (κ3) is 17.7. The van der Waals surface area contributed by atoms with Gasteiger partial charge in [0.1, 0.15) is 89.5 Å². The number of nitrogens with one attached hydrogen (secondary N) is 6. The fourth-order valence-electron chi connectivity index (χ4n) is 14.4. The number of carbonyl (C=O) groups is 8. The van der Waals surface area contributed by atoms with Crippen LogP contribution in [-0.4, -0.2) is 227 Å². The van der Waals surface area contributed by atoms with Crippen molar-refractivity contribution in [1.82, 2.24) is 36.8 Å². The molecule has 22 N–H and O–H groups in total. The average Bonchev–Trinajstić information content (AvgIpc) is 0.766. The van der Waals surface area contributed by atoms with Crippen LogP contribution >= 0.6 is 23.2 Å². The highest BCUT2D eigenvalue weighted by atomic mass is 35.5. The molecule has 8 aliphatic heterocycles. The molecule has 112 heavy (non-hydrogen) atoms. The second-order valence-electron chi connectivity index (χ2n) is 29.9. The summed E-state index contributed by atoms with van der Waals surface area (Å²) >= 11 is 14.5. The number of carboxylic acids is 1. The Labute approximate surface area is 650 Å². The highest BCUT2D eigenvalue weighted by Gasteiger charge is 2.52. The highest BCUT2D eigenvalue weighted by molar-refractivity contribution is 6.32. The van der Waals surface area contributed by atoms with E-state index in [-0.39, 0.29) is 52.6 Å². The number of phenolic OH excluding ortho intramolecular Hbond substituents is 3. The first-order valence-electron chi connectivity index (χ1n) is 35.7. The van der Waals surface area contributed by atoms with Crippen LogP contribution in [0.1, 0.15) is 125 Å². The van der Waals surface area contributed by atoms with E-state index in [4.69, 9.17) is 78.3 Å². The monoisotopic (exact) mass is 1600 g/mol. The van der Waals surface area contributed by atoms with Gasteiger partial charge in [-0.05, 0) is 131 Å². The minimum atomic E-state index is -2.38. The van der Waals surface area contributed by atoms with Crippen LogP contribution in [0.4, 0.5) is 0 Å². The molecule has 0 unspecified atom stereocenters. The molecule has 5 aromatic rings. The van der Waals surface area contributed by atoms with E-state index >= 15 is 24.0 Å². The van der Waals surface area contributed by atoms with Gasteiger partial charge in [0.05, 0.1) is 53.5 Å². The second-order valence-corrected chi connectivity index (χ2v) is 30.7. The summed E-state index contributed by atoms with van der Waals surface area (Å²) < 4.78 is 51.7. The van der Waals surface area contributed by atoms with Gasteiger partial charge < -0.3 is 138 Å². The molecular formula is C74H90Cl2N10O26. The zero-order valence-electron chi connectivity index (χ0n) is 61.6. The number of amides is 7. The summed E-state index contributed by atoms with van der Waals surface area (Å²) in [5.74, 6) is -16.0. The van der Waals surface area contributed by atoms with E-state index in [0.717, 1.165) is 48.5 Å². The Kier molecular flexibility index (Phi) is 24.9. The fraction of sp³-hybridized carbons (Fsp3) is 0.486. The number of ether oxygens (including phenoxy) is 8. The molecule has 22 atom stereocenters. The first-order valence-corrected chi connectivity index (χ1v) is 36.4. The first kappa shape index (κ1) is 83.6. The molecule has 8 heterocycles. The van der Waals surface area contributed by atoms with Gasteiger partial charge >= 0.3 is 5.97 Å². The molecule has 38 heteroatoms. The van der Waals surface area contributed by atoms with E-state index in [1.807, 2.05) is 13.8 Å². The normalized spacial score (nSPS) is 31.9. The summed E-state index contributed by atoms with van der Waals surface area (Å²) in [4.78, 5) is 122. The molecule has 8 aliphatic rings. The summed E-state index contributed by atoms with van der Waals surface area (Å²) in [5, 5.41) is 129. The summed E-state index contributed by atoms with van der Waals surface area (Å²) in [5.41, 5.74) is 13.3. The molecule has 0 saturated carbocycles. The van der Waals surface area contributed by atoms with Gasteiger partial charge in [-0.15, -0.1) is 0 Å². The van der Waals surface area contributed by atoms with Gasteiger partial charge in [-0.1, -0.05) is 55.2 Å². The van der Waals surface area contributed by atoms with Crippen molar-refractivity contribution in [1.29, 1.82) is 0 Å². The van der Waals surface area contributed by atoms with E-state index in [1.54, 1.807) is 19.0 Å². The molecule has 11 bridgehead atoms. The number of benzene rings is 5. The molecule has 36 nitrogen and oxygen atoms in total. The molecule has 0 aliphatic carbocycles. The summed E-state index contributed by atoms with van der Waals surface area (Å²) in [7, 11) is 3.19. The Morgan fingerprint density at radius 2 is 1.22 bits per heavy atom. The second kappa shape index (κ2) is 33.4. The van der Waals surface area contributed by atoms with Crippen molar-refractivity contribution in [2.45, 2.75) is 201 Å². The Morgan fingerprint density at radius 3 is 1.79 bits per heavy atom. The van der Waals surface area contributed by atoms with E-state index < -0.39 is 261 Å². The number of rotatable bonds is 15. The number of phenols is 3. The fourth-order valence-corrected chi connectivity index (χ4v) is 14.9. The van der Waals surface area contributed by atoms with Crippen LogP contribution in [0.3, 0.4) is 0 Å². The Bertz CT molecular complexity index is 4460. The van der Waals surface area contributed by atoms with Crippen LogP contribution < -0.4 is 63.3 Å². The van der Waals surface area contributed by atoms with Gasteiger partial charge in [0.25, 0.3) is 0 Å². The lowest BCUT2D eigenvalue weighted by Crippen LogP contribution is -2.64. The molecule has 0 spiro atoms. The smallest absolute Gasteiger partial charge is 0.330 e. The van der Waals surface area contributed by atoms with Gasteiger partial charge in [0.15, 0.2) is 36.2 Å². The summed E-state index contributed by atoms with van der Waals surface area (Å²) in [6.45, 7) is 8.62. The van der Waals surface area contributed by atoms with E-state index in [2.05, 4.69) is 31.9 Å². The van der Waals surface area contributed by atoms with Gasteiger partial charge in [-0.3, -0.25) is 38.5 Å². The van der Waals surface area contributed by atoms with Gasteiger partial charge in [-0.25, -0.2) is 4.79 Å². The predicted octanol–water partition coefficient (Wildman–Crippen LogP) is 0.686. The van der Waals surface area contributed by atoms with Gasteiger partial charge in [-0.2, -0.15) is 0 Å². The van der Waals surface area contributed by atoms with Crippen LogP contribution in [0.2, 0.25) is 10.0 Å². The Hall–Kier alpha value is -9.32. The number of aliphatic hydroxyl groups is 6. The summed E-state index contributed by atoms with van der Waals surface area (Å²) in [6, 6.07) is -0.361. The molecule has 0 aromatic heterocycles. The van der Waals surface area contributed by atoms with Crippen molar-refractivity contribution in [2.24, 2.45) is 23.1 Å². The lowest BCUT2D eigenvalue weighted by molar-refractivity contribution is -0.333. The van der Waals surface area contributed by atoms with E-state index in [0.29, 0.717) is 0 Å². The minimum Gasteiger partial charge on any atom is -0.508 e. The Balaban J connectivity index is 1.19. The molecule has 13 rings (SSSR count). The molecule has 7 amide bonds. The molecular weight excluding hydrogens is 1520 g/mol. The maximum Gasteiger partial charge on any atom is 0.330 e. The number of likely N-dealkylation sites (N-methyl/N-ethyl adjacent to an activating group) is 1. The van der Waals surface area contributed by atoms with Crippen LogP contribution in [0.25, 0.3) is 11.1 Å². The molecule has 3 saturated heterocycles. The number of aliphatic carboxylic acids is 1. The maximum absolute atomic E-state index is 16.4. The maximum atomic E-state index is 16.4. The van der Waals surface area contributed by atoms with Crippen molar-refractivity contribution in [3.05, 3.63) is 117 Å². The van der Waals surface area contributed by atoms with Gasteiger partial charge in [0, 0.05) is 46.7 Å². The number of hydrogen-bond donors (Lipinski definition) is 19. The van der Waals surface area contributed by atoms with E-state index in [1.165, 1.54) is 58.0 Å². The lowest BCUT2D eigenvalue weighted by atomic mass is 9.86. The number of fused-ring (bicyclic) bond motifs is 15. The van der Waals surface area contributed by atoms with Crippen molar-refractivity contribution in [3.8, 4) is 57.1 Å². The zero-order chi connectivity index (χ0) is 81.8. The van der Waals surface area contributed by atoms with Crippen molar-refractivity contribution in [2.75, 3.05) is 20.7 Å². The van der Waals surface area contributed by atoms with Crippen molar-refractivity contribution >= 4 is 70.5 Å². The summed E-state index contributed by atoms with van der Waals surface area (Å²) in [6.07, 6.45) is -22.8. The SMILES string of the molecule is CC(C)C[C@H](C(=O)N[C@H]1C(=O)N[C@@H](CC(N)=O)C(=O)N[C@H]2C(=O)N[C@H]3C(=O)N[C@H](C(=O)N[C@H](C(=O)O)c4cc(O)cc(O)c4-c4cc3ccc4O)[C@H](O[C@H]3C[C@](C)(N)[C@@H](O)[C@H](C)O3)c3ccc(c(Cl)c3)Oc3cc2cc(c3O[C@@H]2O[C@H](CO)[C@@H](O)[C@H](O)[C@H]2O[C@H]2C[C@](C)(N)[C@H](O)[C@H](C)O2)Oc2ccc(cc2Cl)[C@H]1O)N(C)C. The molecule has 3 fully saturated rings. The number of nitrogens with zero attached hydrogens (tertiary/aromatic N) is 1. The first-order chi connectivity index (χ1) is 52.6. The quantitative estimate of drug-likeness (QED) is 0.0685. The number of hydrogen-bond acceptors (Lipinski definition) is 28. The molecule has 606 valence electrons. The number of carboxylic acid groups (broad SMARTS) is 1. The topological polar surface area (TPSA) is 566 Å². The predicted molar refractivity (Wildman–Crippen MR) is 390 cm³/mol. The van der Waals surface area contributed by atoms with Crippen LogP contribution in [0, 0.1) is 5.92 Å². The third-order valence-corrected chi connectivity index (χ3v) is 21.0. The minimum absolute atomic E-state index is 0.106. The average molecular weight is 1610 g/mol. The number of carbonyl (C=O) groups excluding carboxylic acids is 7. The lowest BCUT2D eigenvalue weighted by Gasteiger charge is -2.47. The largest absolute Gasteiger partial charge is 0.508 e. The van der Waals surface area contributed by atoms with Crippen LogP contribution in [-0.2, 0) is 62.0 Å².